The quantitative estimate of drug-likeness (QED) is 0.167. The van der Waals surface area contributed by atoms with Gasteiger partial charge in [-0.1, -0.05) is 220 Å². The van der Waals surface area contributed by atoms with Crippen molar-refractivity contribution < 1.29 is 0 Å². The third-order valence-corrected chi connectivity index (χ3v) is 18.0. The molecule has 1 aliphatic rings. The Hall–Kier alpha value is -9.78. The molecule has 0 spiro atoms. The molecule has 1 aliphatic carbocycles. The van der Waals surface area contributed by atoms with E-state index < -0.39 is 0 Å². The van der Waals surface area contributed by atoms with Gasteiger partial charge in [-0.05, 0) is 181 Å². The summed E-state index contributed by atoms with van der Waals surface area (Å²) in [4.78, 5) is 0. The zero-order valence-corrected chi connectivity index (χ0v) is 48.8. The average Bonchev–Trinajstić information content (AvgIpc) is 2.04. The zero-order valence-electron chi connectivity index (χ0n) is 45.6. The SMILES string of the molecule is Brc1ccc2c(ccc3c2c2ccccc2n3-c2ccccc2)c1.Brc1ccc2c3c(ccc2c1)Cc1ccccc1-3.c1ccc(-n2c3ccccc3c3cc(-c4ccc5c(ccc6c5c5ccccc5n6-c5ccccc5)c4)ccc32)cc1. The molecule has 84 heavy (non-hydrogen) atoms. The Bertz CT molecular complexity index is 5420. The fourth-order valence-electron chi connectivity index (χ4n) is 13.4. The van der Waals surface area contributed by atoms with Gasteiger partial charge in [-0.2, -0.15) is 0 Å². The smallest absolute Gasteiger partial charge is 0.0547 e. The normalized spacial score (nSPS) is 11.9. The van der Waals surface area contributed by atoms with Gasteiger partial charge in [0.2, 0.25) is 0 Å². The number of hydrogen-bond donors (Lipinski definition) is 0. The number of benzene rings is 14. The van der Waals surface area contributed by atoms with E-state index in [1.807, 2.05) is 0 Å². The van der Waals surface area contributed by atoms with Crippen molar-refractivity contribution in [1.29, 1.82) is 0 Å². The maximum absolute atomic E-state index is 3.58. The van der Waals surface area contributed by atoms with Gasteiger partial charge in [0, 0.05) is 58.3 Å². The van der Waals surface area contributed by atoms with Crippen molar-refractivity contribution in [2.45, 2.75) is 6.42 Å². The fourth-order valence-corrected chi connectivity index (χ4v) is 14.2. The minimum absolute atomic E-state index is 1.07. The Labute approximate surface area is 502 Å². The third kappa shape index (κ3) is 8.37. The molecule has 14 aromatic carbocycles. The predicted octanol–water partition coefficient (Wildman–Crippen LogP) is 22.6. The van der Waals surface area contributed by atoms with Crippen molar-refractivity contribution >= 4 is 130 Å². The van der Waals surface area contributed by atoms with Crippen LogP contribution in [0, 0.1) is 0 Å². The molecule has 0 radical (unpaired) electrons. The molecule has 17 aromatic rings. The molecular formula is C79H51Br2N3. The molecule has 0 atom stereocenters. The number of fused-ring (bicyclic) bond motifs is 18. The van der Waals surface area contributed by atoms with Crippen molar-refractivity contribution in [3.8, 4) is 39.3 Å². The third-order valence-electron chi connectivity index (χ3n) is 17.1. The van der Waals surface area contributed by atoms with Gasteiger partial charge < -0.3 is 13.7 Å². The fraction of sp³-hybridized carbons (Fsp3) is 0.0127. The average molecular weight is 1200 g/mol. The van der Waals surface area contributed by atoms with Crippen LogP contribution in [0.3, 0.4) is 0 Å². The number of hydrogen-bond acceptors (Lipinski definition) is 0. The molecule has 396 valence electrons. The van der Waals surface area contributed by atoms with Gasteiger partial charge in [0.15, 0.2) is 0 Å². The highest BCUT2D eigenvalue weighted by molar-refractivity contribution is 9.10. The van der Waals surface area contributed by atoms with Gasteiger partial charge in [-0.3, -0.25) is 0 Å². The van der Waals surface area contributed by atoms with Gasteiger partial charge in [-0.15, -0.1) is 0 Å². The van der Waals surface area contributed by atoms with Crippen molar-refractivity contribution in [3.05, 3.63) is 317 Å². The summed E-state index contributed by atoms with van der Waals surface area (Å²) >= 11 is 7.13. The van der Waals surface area contributed by atoms with Crippen LogP contribution in [0.4, 0.5) is 0 Å². The lowest BCUT2D eigenvalue weighted by Gasteiger charge is -2.10. The van der Waals surface area contributed by atoms with Crippen molar-refractivity contribution in [2.24, 2.45) is 0 Å². The number of nitrogens with zero attached hydrogens (tertiary/aromatic N) is 3. The van der Waals surface area contributed by atoms with E-state index in [1.165, 1.54) is 148 Å². The first-order valence-electron chi connectivity index (χ1n) is 28.6. The Morgan fingerprint density at radius 2 is 0.655 bits per heavy atom. The monoisotopic (exact) mass is 1200 g/mol. The van der Waals surface area contributed by atoms with Crippen molar-refractivity contribution in [2.75, 3.05) is 0 Å². The van der Waals surface area contributed by atoms with Crippen LogP contribution in [0.1, 0.15) is 11.1 Å². The molecule has 0 saturated heterocycles. The van der Waals surface area contributed by atoms with E-state index in [1.54, 1.807) is 0 Å². The molecule has 0 saturated carbocycles. The number of rotatable bonds is 4. The first-order valence-corrected chi connectivity index (χ1v) is 30.2. The molecule has 3 nitrogen and oxygen atoms in total. The summed E-state index contributed by atoms with van der Waals surface area (Å²) in [7, 11) is 0. The summed E-state index contributed by atoms with van der Waals surface area (Å²) in [6.07, 6.45) is 1.07. The standard InChI is InChI=1S/C40H26N2.C22H14BrN.C17H11Br/c1-3-11-30(12-4-1)41-36-17-9-7-15-33(36)35-26-28(20-23-38(35)41)27-19-22-32-29(25-27)21-24-39-40(32)34-16-8-10-18-37(34)42(39)31-13-5-2-6-14-31;23-16-11-12-18-15(14-16)10-13-21-22(18)19-8-4-5-9-20(19)24(21)17-6-2-1-3-7-17;18-14-7-8-16-12(10-14)5-6-13-9-11-3-1-2-4-15(11)17(13)16/h1-26H;1-14H;1-8,10H,9H2. The van der Waals surface area contributed by atoms with Crippen LogP contribution in [0.5, 0.6) is 0 Å². The molecule has 0 amide bonds. The summed E-state index contributed by atoms with van der Waals surface area (Å²) in [5.74, 6) is 0. The Morgan fingerprint density at radius 1 is 0.250 bits per heavy atom. The number of para-hydroxylation sites is 6. The van der Waals surface area contributed by atoms with Gasteiger partial charge in [0.05, 0.1) is 33.1 Å². The summed E-state index contributed by atoms with van der Waals surface area (Å²) in [6.45, 7) is 0. The largest absolute Gasteiger partial charge is 0.309 e. The van der Waals surface area contributed by atoms with Gasteiger partial charge >= 0.3 is 0 Å². The van der Waals surface area contributed by atoms with Crippen molar-refractivity contribution in [3.63, 3.8) is 0 Å². The summed E-state index contributed by atoms with van der Waals surface area (Å²) in [6, 6.07) is 107. The molecule has 0 bridgehead atoms. The topological polar surface area (TPSA) is 14.8 Å². The van der Waals surface area contributed by atoms with Crippen LogP contribution in [-0.2, 0) is 6.42 Å². The second-order valence-electron chi connectivity index (χ2n) is 21.8. The van der Waals surface area contributed by atoms with Crippen LogP contribution >= 0.6 is 31.9 Å². The minimum Gasteiger partial charge on any atom is -0.309 e. The van der Waals surface area contributed by atoms with Gasteiger partial charge in [0.1, 0.15) is 0 Å². The maximum atomic E-state index is 3.58. The molecule has 0 aliphatic heterocycles. The molecule has 0 N–H and O–H groups in total. The highest BCUT2D eigenvalue weighted by atomic mass is 79.9. The van der Waals surface area contributed by atoms with E-state index >= 15 is 0 Å². The second kappa shape index (κ2) is 20.6. The first kappa shape index (κ1) is 50.0. The van der Waals surface area contributed by atoms with Crippen LogP contribution in [-0.4, -0.2) is 13.7 Å². The first-order chi connectivity index (χ1) is 41.5. The molecule has 0 unspecified atom stereocenters. The van der Waals surface area contributed by atoms with Crippen LogP contribution in [0.25, 0.3) is 137 Å². The Balaban J connectivity index is 0.000000115. The molecule has 3 aromatic heterocycles. The van der Waals surface area contributed by atoms with E-state index in [0.717, 1.165) is 15.4 Å². The molecule has 5 heteroatoms. The van der Waals surface area contributed by atoms with Gasteiger partial charge in [-0.25, -0.2) is 0 Å². The molecule has 18 rings (SSSR count). The van der Waals surface area contributed by atoms with E-state index in [-0.39, 0.29) is 0 Å². The lowest BCUT2D eigenvalue weighted by molar-refractivity contribution is 1.18. The molecular weight excluding hydrogens is 1150 g/mol. The van der Waals surface area contributed by atoms with Crippen molar-refractivity contribution in [1.82, 2.24) is 13.7 Å². The summed E-state index contributed by atoms with van der Waals surface area (Å²) < 4.78 is 9.36. The lowest BCUT2D eigenvalue weighted by atomic mass is 9.97. The van der Waals surface area contributed by atoms with Crippen LogP contribution in [0.15, 0.2) is 306 Å². The van der Waals surface area contributed by atoms with E-state index in [2.05, 4.69) is 343 Å². The second-order valence-corrected chi connectivity index (χ2v) is 23.6. The lowest BCUT2D eigenvalue weighted by Crippen LogP contribution is -1.93. The maximum Gasteiger partial charge on any atom is 0.0547 e. The van der Waals surface area contributed by atoms with Crippen LogP contribution in [0.2, 0.25) is 0 Å². The van der Waals surface area contributed by atoms with Gasteiger partial charge in [0.25, 0.3) is 0 Å². The number of aromatic nitrogens is 3. The molecule has 3 heterocycles. The minimum atomic E-state index is 1.07. The highest BCUT2D eigenvalue weighted by Crippen LogP contribution is 2.44. The summed E-state index contributed by atoms with van der Waals surface area (Å²) in [5, 5.41) is 15.5. The van der Waals surface area contributed by atoms with E-state index in [9.17, 15) is 0 Å². The number of halogens is 2. The van der Waals surface area contributed by atoms with Crippen LogP contribution < -0.4 is 0 Å². The Kier molecular flexibility index (Phi) is 12.2. The molecule has 0 fully saturated rings. The van der Waals surface area contributed by atoms with E-state index in [0.29, 0.717) is 0 Å². The summed E-state index contributed by atoms with van der Waals surface area (Å²) in [5.41, 5.74) is 19.2. The van der Waals surface area contributed by atoms with E-state index in [4.69, 9.17) is 0 Å². The highest BCUT2D eigenvalue weighted by Gasteiger charge is 2.21. The zero-order chi connectivity index (χ0) is 55.8. The Morgan fingerprint density at radius 3 is 1.25 bits per heavy atom. The predicted molar refractivity (Wildman–Crippen MR) is 364 cm³/mol.